The molecule has 6 nitrogen and oxygen atoms in total. The van der Waals surface area contributed by atoms with E-state index in [1.54, 1.807) is 38.1 Å². The number of nitrogens with one attached hydrogen (secondary N) is 2. The number of hydrogen-bond acceptors (Lipinski definition) is 3. The summed E-state index contributed by atoms with van der Waals surface area (Å²) in [5.74, 6) is -2.33. The monoisotopic (exact) mass is 330 g/mol. The molecule has 3 N–H and O–H groups in total. The molecule has 128 valence electrons. The number of carboxylic acid groups (broad SMARTS) is 1. The van der Waals surface area contributed by atoms with E-state index < -0.39 is 23.2 Å². The van der Waals surface area contributed by atoms with Crippen molar-refractivity contribution in [2.24, 2.45) is 23.2 Å². The van der Waals surface area contributed by atoms with Gasteiger partial charge < -0.3 is 15.7 Å². The first-order chi connectivity index (χ1) is 11.3. The molecule has 3 rings (SSSR count). The van der Waals surface area contributed by atoms with Gasteiger partial charge in [-0.25, -0.2) is 0 Å². The number of carbonyl (C=O) groups excluding carboxylic acids is 2. The van der Waals surface area contributed by atoms with Crippen LogP contribution >= 0.6 is 0 Å². The molecule has 2 aliphatic carbocycles. The van der Waals surface area contributed by atoms with Crippen LogP contribution in [0.3, 0.4) is 0 Å². The van der Waals surface area contributed by atoms with Crippen molar-refractivity contribution in [1.29, 1.82) is 0 Å². The molecule has 0 saturated heterocycles. The van der Waals surface area contributed by atoms with Crippen LogP contribution in [0.5, 0.6) is 0 Å². The van der Waals surface area contributed by atoms with Gasteiger partial charge in [-0.15, -0.1) is 0 Å². The average Bonchev–Trinajstić information content (AvgIpc) is 3.00. The fraction of sp³-hybridized carbons (Fsp3) is 0.500. The fourth-order valence-electron chi connectivity index (χ4n) is 3.40. The normalized spacial score (nSPS) is 24.6. The van der Waals surface area contributed by atoms with Crippen molar-refractivity contribution in [3.05, 3.63) is 24.3 Å². The Bertz CT molecular complexity index is 694. The zero-order chi connectivity index (χ0) is 17.5. The second-order valence-electron chi connectivity index (χ2n) is 7.30. The van der Waals surface area contributed by atoms with E-state index in [1.165, 1.54) is 0 Å². The molecular formula is C18H22N2O4. The van der Waals surface area contributed by atoms with Crippen LogP contribution in [0.2, 0.25) is 0 Å². The molecule has 0 spiro atoms. The molecule has 0 aliphatic heterocycles. The molecule has 2 aliphatic rings. The summed E-state index contributed by atoms with van der Waals surface area (Å²) >= 11 is 0. The van der Waals surface area contributed by atoms with Gasteiger partial charge in [0.25, 0.3) is 0 Å². The third kappa shape index (κ3) is 3.00. The Morgan fingerprint density at radius 3 is 2.08 bits per heavy atom. The summed E-state index contributed by atoms with van der Waals surface area (Å²) in [7, 11) is 0. The highest BCUT2D eigenvalue weighted by Gasteiger charge is 2.65. The minimum atomic E-state index is -0.943. The molecule has 0 radical (unpaired) electrons. The molecule has 2 saturated carbocycles. The minimum absolute atomic E-state index is 0.0130. The van der Waals surface area contributed by atoms with E-state index in [9.17, 15) is 19.5 Å². The number of carboxylic acids is 1. The summed E-state index contributed by atoms with van der Waals surface area (Å²) in [6, 6.07) is 6.94. The number of aliphatic carboxylic acids is 1. The second kappa shape index (κ2) is 5.92. The van der Waals surface area contributed by atoms with E-state index in [4.69, 9.17) is 0 Å². The second-order valence-corrected chi connectivity index (χ2v) is 7.30. The van der Waals surface area contributed by atoms with Gasteiger partial charge in [-0.2, -0.15) is 0 Å². The van der Waals surface area contributed by atoms with Gasteiger partial charge in [0.2, 0.25) is 11.8 Å². The molecule has 1 aromatic carbocycles. The fourth-order valence-corrected chi connectivity index (χ4v) is 3.40. The lowest BCUT2D eigenvalue weighted by molar-refractivity contribution is -0.140. The molecule has 2 amide bonds. The summed E-state index contributed by atoms with van der Waals surface area (Å²) in [6.45, 7) is 3.57. The number of amides is 2. The van der Waals surface area contributed by atoms with E-state index in [0.717, 1.165) is 19.3 Å². The number of hydrogen-bond donors (Lipinski definition) is 3. The van der Waals surface area contributed by atoms with Crippen molar-refractivity contribution in [2.45, 2.75) is 33.1 Å². The molecule has 1 aromatic rings. The molecule has 2 atom stereocenters. The zero-order valence-electron chi connectivity index (χ0n) is 13.8. The van der Waals surface area contributed by atoms with Gasteiger partial charge >= 0.3 is 5.97 Å². The largest absolute Gasteiger partial charge is 0.481 e. The van der Waals surface area contributed by atoms with Crippen molar-refractivity contribution in [3.63, 3.8) is 0 Å². The van der Waals surface area contributed by atoms with Crippen molar-refractivity contribution >= 4 is 29.2 Å². The van der Waals surface area contributed by atoms with Crippen LogP contribution in [0.25, 0.3) is 0 Å². The Morgan fingerprint density at radius 1 is 1.04 bits per heavy atom. The number of carbonyl (C=O) groups is 3. The molecule has 0 aromatic heterocycles. The van der Waals surface area contributed by atoms with Gasteiger partial charge in [-0.1, -0.05) is 26.3 Å². The average molecular weight is 330 g/mol. The minimum Gasteiger partial charge on any atom is -0.481 e. The van der Waals surface area contributed by atoms with Gasteiger partial charge in [-0.05, 0) is 36.5 Å². The summed E-state index contributed by atoms with van der Waals surface area (Å²) in [6.07, 6.45) is 2.95. The molecule has 0 heterocycles. The van der Waals surface area contributed by atoms with Gasteiger partial charge in [0.1, 0.15) is 0 Å². The highest BCUT2D eigenvalue weighted by Crippen LogP contribution is 2.58. The van der Waals surface area contributed by atoms with Gasteiger partial charge in [-0.3, -0.25) is 14.4 Å². The maximum absolute atomic E-state index is 12.3. The highest BCUT2D eigenvalue weighted by molar-refractivity contribution is 6.00. The maximum Gasteiger partial charge on any atom is 0.307 e. The Kier molecular flexibility index (Phi) is 4.07. The van der Waals surface area contributed by atoms with Crippen molar-refractivity contribution in [3.8, 4) is 0 Å². The first-order valence-corrected chi connectivity index (χ1v) is 8.25. The number of rotatable bonds is 5. The quantitative estimate of drug-likeness (QED) is 0.773. The van der Waals surface area contributed by atoms with Crippen LogP contribution in [0.4, 0.5) is 11.4 Å². The first-order valence-electron chi connectivity index (χ1n) is 8.25. The predicted molar refractivity (Wildman–Crippen MR) is 89.4 cm³/mol. The van der Waals surface area contributed by atoms with Crippen molar-refractivity contribution < 1.29 is 19.5 Å². The van der Waals surface area contributed by atoms with E-state index in [0.29, 0.717) is 11.4 Å². The molecular weight excluding hydrogens is 308 g/mol. The van der Waals surface area contributed by atoms with Gasteiger partial charge in [0, 0.05) is 17.3 Å². The van der Waals surface area contributed by atoms with Crippen LogP contribution in [0.15, 0.2) is 24.3 Å². The summed E-state index contributed by atoms with van der Waals surface area (Å²) in [5.41, 5.74) is 0.652. The smallest absolute Gasteiger partial charge is 0.307 e. The topological polar surface area (TPSA) is 95.5 Å². The summed E-state index contributed by atoms with van der Waals surface area (Å²) in [5, 5.41) is 14.8. The third-order valence-electron chi connectivity index (χ3n) is 5.25. The van der Waals surface area contributed by atoms with Crippen molar-refractivity contribution in [2.75, 3.05) is 10.6 Å². The Labute approximate surface area is 140 Å². The van der Waals surface area contributed by atoms with Gasteiger partial charge in [0.05, 0.1) is 11.8 Å². The number of anilines is 2. The van der Waals surface area contributed by atoms with E-state index >= 15 is 0 Å². The van der Waals surface area contributed by atoms with Crippen molar-refractivity contribution in [1.82, 2.24) is 0 Å². The van der Waals surface area contributed by atoms with Crippen LogP contribution in [0, 0.1) is 23.2 Å². The predicted octanol–water partition coefficient (Wildman–Crippen LogP) is 2.72. The lowest BCUT2D eigenvalue weighted by Gasteiger charge is -2.24. The summed E-state index contributed by atoms with van der Waals surface area (Å²) < 4.78 is 0. The van der Waals surface area contributed by atoms with E-state index in [-0.39, 0.29) is 17.7 Å². The molecule has 0 bridgehead atoms. The standard InChI is InChI=1S/C18H22N2O4/c1-18(2)13(14(18)17(23)24)16(22)20-12-8-4-7-11(9-12)19-15(21)10-5-3-6-10/h4,7-10,13-14H,3,5-6H2,1-2H3,(H,19,21)(H,20,22)(H,23,24)/t13-,14-/m0/s1. The highest BCUT2D eigenvalue weighted by atomic mass is 16.4. The van der Waals surface area contributed by atoms with E-state index in [2.05, 4.69) is 10.6 Å². The molecule has 0 unspecified atom stereocenters. The third-order valence-corrected chi connectivity index (χ3v) is 5.25. The molecule has 24 heavy (non-hydrogen) atoms. The SMILES string of the molecule is CC1(C)[C@H](C(=O)O)[C@H]1C(=O)Nc1cccc(NC(=O)C2CCC2)c1. The lowest BCUT2D eigenvalue weighted by atomic mass is 9.85. The Morgan fingerprint density at radius 2 is 1.62 bits per heavy atom. The van der Waals surface area contributed by atoms with Crippen LogP contribution in [-0.4, -0.2) is 22.9 Å². The van der Waals surface area contributed by atoms with Crippen LogP contribution in [-0.2, 0) is 14.4 Å². The van der Waals surface area contributed by atoms with Crippen LogP contribution in [0.1, 0.15) is 33.1 Å². The zero-order valence-corrected chi connectivity index (χ0v) is 13.8. The summed E-state index contributed by atoms with van der Waals surface area (Å²) in [4.78, 5) is 35.5. The first kappa shape index (κ1) is 16.5. The Hall–Kier alpha value is -2.37. The Balaban J connectivity index is 1.63. The maximum atomic E-state index is 12.3. The molecule has 2 fully saturated rings. The van der Waals surface area contributed by atoms with Gasteiger partial charge in [0.15, 0.2) is 0 Å². The number of benzene rings is 1. The lowest BCUT2D eigenvalue weighted by Crippen LogP contribution is -2.28. The molecule has 6 heteroatoms. The van der Waals surface area contributed by atoms with Crippen LogP contribution < -0.4 is 10.6 Å². The van der Waals surface area contributed by atoms with E-state index in [1.807, 2.05) is 0 Å².